The molecule has 0 aliphatic rings. The van der Waals surface area contributed by atoms with Crippen molar-refractivity contribution in [3.63, 3.8) is 0 Å². The van der Waals surface area contributed by atoms with Crippen LogP contribution >= 0.6 is 23.4 Å². The maximum atomic E-state index is 12.5. The van der Waals surface area contributed by atoms with E-state index < -0.39 is 0 Å². The Bertz CT molecular complexity index is 1310. The topological polar surface area (TPSA) is 81.4 Å². The summed E-state index contributed by atoms with van der Waals surface area (Å²) in [7, 11) is 0. The van der Waals surface area contributed by atoms with Gasteiger partial charge in [-0.05, 0) is 67.9 Å². The minimum Gasteiger partial charge on any atom is -0.494 e. The molecule has 1 aromatic heterocycles. The van der Waals surface area contributed by atoms with E-state index in [4.69, 9.17) is 16.3 Å². The van der Waals surface area contributed by atoms with Gasteiger partial charge in [0.15, 0.2) is 11.0 Å². The van der Waals surface area contributed by atoms with Crippen molar-refractivity contribution in [3.05, 3.63) is 89.4 Å². The van der Waals surface area contributed by atoms with Gasteiger partial charge in [0.25, 0.3) is 5.91 Å². The lowest BCUT2D eigenvalue weighted by Gasteiger charge is -2.11. The highest BCUT2D eigenvalue weighted by molar-refractivity contribution is 7.99. The number of nitrogens with one attached hydrogen (secondary N) is 1. The van der Waals surface area contributed by atoms with E-state index in [0.29, 0.717) is 22.6 Å². The number of amides is 1. The molecular weight excluding hydrogens is 482 g/mol. The molecular formula is C26H24ClN5O2S. The van der Waals surface area contributed by atoms with Crippen LogP contribution in [-0.4, -0.2) is 38.7 Å². The Labute approximate surface area is 213 Å². The predicted octanol–water partition coefficient (Wildman–Crippen LogP) is 5.62. The highest BCUT2D eigenvalue weighted by Crippen LogP contribution is 2.29. The molecule has 35 heavy (non-hydrogen) atoms. The van der Waals surface area contributed by atoms with Crippen LogP contribution in [0, 0.1) is 0 Å². The molecule has 3 aromatic carbocycles. The summed E-state index contributed by atoms with van der Waals surface area (Å²) in [4.78, 5) is 12.5. The van der Waals surface area contributed by atoms with Crippen LogP contribution < -0.4 is 10.2 Å². The van der Waals surface area contributed by atoms with Gasteiger partial charge in [-0.2, -0.15) is 5.10 Å². The standard InChI is InChI=1S/C26H24ClN5O2S/c1-3-34-23-15-13-22(14-16-23)32-25(20-9-11-21(27)12-10-20)30-31-26(32)35-17-24(33)29-28-18(2)19-7-5-4-6-8-19/h4-16H,3,17H2,1-2H3,(H,29,33)/b28-18+. The third kappa shape index (κ3) is 6.29. The van der Waals surface area contributed by atoms with Gasteiger partial charge >= 0.3 is 0 Å². The first-order chi connectivity index (χ1) is 17.0. The van der Waals surface area contributed by atoms with Gasteiger partial charge in [-0.1, -0.05) is 53.7 Å². The summed E-state index contributed by atoms with van der Waals surface area (Å²) >= 11 is 7.35. The Morgan fingerprint density at radius 1 is 1.03 bits per heavy atom. The van der Waals surface area contributed by atoms with E-state index in [9.17, 15) is 4.79 Å². The van der Waals surface area contributed by atoms with Gasteiger partial charge in [-0.15, -0.1) is 10.2 Å². The van der Waals surface area contributed by atoms with Crippen LogP contribution in [0.15, 0.2) is 89.1 Å². The number of hydrazone groups is 1. The summed E-state index contributed by atoms with van der Waals surface area (Å²) in [6.07, 6.45) is 0. The number of aromatic nitrogens is 3. The van der Waals surface area contributed by atoms with Crippen LogP contribution in [0.3, 0.4) is 0 Å². The summed E-state index contributed by atoms with van der Waals surface area (Å²) in [6, 6.07) is 24.7. The van der Waals surface area contributed by atoms with Crippen LogP contribution in [0.5, 0.6) is 5.75 Å². The summed E-state index contributed by atoms with van der Waals surface area (Å²) in [6.45, 7) is 4.38. The van der Waals surface area contributed by atoms with Crippen molar-refractivity contribution in [2.45, 2.75) is 19.0 Å². The molecule has 7 nitrogen and oxygen atoms in total. The minimum absolute atomic E-state index is 0.126. The second-order valence-electron chi connectivity index (χ2n) is 7.46. The number of carbonyl (C=O) groups excluding carboxylic acids is 1. The molecule has 0 aliphatic carbocycles. The lowest BCUT2D eigenvalue weighted by Crippen LogP contribution is -2.21. The Morgan fingerprint density at radius 3 is 2.43 bits per heavy atom. The quantitative estimate of drug-likeness (QED) is 0.181. The van der Waals surface area contributed by atoms with Gasteiger partial charge in [-0.25, -0.2) is 5.43 Å². The summed E-state index contributed by atoms with van der Waals surface area (Å²) in [5, 5.41) is 14.2. The highest BCUT2D eigenvalue weighted by atomic mass is 35.5. The molecule has 4 rings (SSSR count). The Hall–Kier alpha value is -3.62. The van der Waals surface area contributed by atoms with Gasteiger partial charge in [-0.3, -0.25) is 9.36 Å². The number of hydrogen-bond acceptors (Lipinski definition) is 6. The lowest BCUT2D eigenvalue weighted by molar-refractivity contribution is -0.118. The molecule has 1 heterocycles. The monoisotopic (exact) mass is 505 g/mol. The smallest absolute Gasteiger partial charge is 0.250 e. The second-order valence-corrected chi connectivity index (χ2v) is 8.84. The first-order valence-electron chi connectivity index (χ1n) is 11.0. The number of carbonyl (C=O) groups is 1. The molecule has 0 radical (unpaired) electrons. The number of hydrogen-bond donors (Lipinski definition) is 1. The molecule has 1 N–H and O–H groups in total. The van der Waals surface area contributed by atoms with Crippen molar-refractivity contribution in [2.75, 3.05) is 12.4 Å². The number of benzene rings is 3. The summed E-state index contributed by atoms with van der Waals surface area (Å²) in [5.74, 6) is 1.31. The van der Waals surface area contributed by atoms with Crippen molar-refractivity contribution in [1.82, 2.24) is 20.2 Å². The molecule has 0 fully saturated rings. The minimum atomic E-state index is -0.237. The molecule has 0 bridgehead atoms. The Morgan fingerprint density at radius 2 is 1.74 bits per heavy atom. The molecule has 0 aliphatic heterocycles. The van der Waals surface area contributed by atoms with E-state index in [1.807, 2.05) is 85.1 Å². The molecule has 0 saturated heterocycles. The number of nitrogens with zero attached hydrogens (tertiary/aromatic N) is 4. The number of rotatable bonds is 9. The third-order valence-corrected chi connectivity index (χ3v) is 6.19. The molecule has 0 spiro atoms. The molecule has 178 valence electrons. The fourth-order valence-corrected chi connectivity index (χ4v) is 4.16. The molecule has 0 saturated carbocycles. The average Bonchev–Trinajstić information content (AvgIpc) is 3.31. The Balaban J connectivity index is 1.55. The maximum absolute atomic E-state index is 12.5. The van der Waals surface area contributed by atoms with Crippen molar-refractivity contribution < 1.29 is 9.53 Å². The van der Waals surface area contributed by atoms with Crippen molar-refractivity contribution in [2.24, 2.45) is 5.10 Å². The first kappa shape index (κ1) is 24.5. The number of halogens is 1. The molecule has 1 amide bonds. The average molecular weight is 506 g/mol. The Kier molecular flexibility index (Phi) is 8.18. The zero-order chi connectivity index (χ0) is 24.6. The van der Waals surface area contributed by atoms with Gasteiger partial charge < -0.3 is 4.74 Å². The largest absolute Gasteiger partial charge is 0.494 e. The van der Waals surface area contributed by atoms with Gasteiger partial charge in [0, 0.05) is 16.3 Å². The van der Waals surface area contributed by atoms with Crippen LogP contribution in [0.2, 0.25) is 5.02 Å². The van der Waals surface area contributed by atoms with E-state index in [2.05, 4.69) is 20.7 Å². The third-order valence-electron chi connectivity index (χ3n) is 5.01. The van der Waals surface area contributed by atoms with Crippen molar-refractivity contribution in [3.8, 4) is 22.8 Å². The second kappa shape index (κ2) is 11.7. The highest BCUT2D eigenvalue weighted by Gasteiger charge is 2.17. The molecule has 9 heteroatoms. The zero-order valence-electron chi connectivity index (χ0n) is 19.3. The number of thioether (sulfide) groups is 1. The van der Waals surface area contributed by atoms with E-state index in [1.54, 1.807) is 12.1 Å². The summed E-state index contributed by atoms with van der Waals surface area (Å²) < 4.78 is 7.48. The fraction of sp³-hybridized carbons (Fsp3) is 0.154. The molecule has 4 aromatic rings. The van der Waals surface area contributed by atoms with Crippen LogP contribution in [0.4, 0.5) is 0 Å². The van der Waals surface area contributed by atoms with E-state index >= 15 is 0 Å². The van der Waals surface area contributed by atoms with E-state index in [1.165, 1.54) is 11.8 Å². The molecule has 0 atom stereocenters. The van der Waals surface area contributed by atoms with Gasteiger partial charge in [0.1, 0.15) is 5.75 Å². The van der Waals surface area contributed by atoms with Crippen LogP contribution in [0.1, 0.15) is 19.4 Å². The zero-order valence-corrected chi connectivity index (χ0v) is 20.9. The van der Waals surface area contributed by atoms with Crippen LogP contribution in [0.25, 0.3) is 17.1 Å². The molecule has 0 unspecified atom stereocenters. The lowest BCUT2D eigenvalue weighted by atomic mass is 10.1. The van der Waals surface area contributed by atoms with Crippen molar-refractivity contribution >= 4 is 35.0 Å². The SMILES string of the molecule is CCOc1ccc(-n2c(SCC(=O)N/N=C(\C)c3ccccc3)nnc2-c2ccc(Cl)cc2)cc1. The van der Waals surface area contributed by atoms with Gasteiger partial charge in [0.05, 0.1) is 18.1 Å². The van der Waals surface area contributed by atoms with E-state index in [0.717, 1.165) is 28.3 Å². The number of ether oxygens (including phenoxy) is 1. The predicted molar refractivity (Wildman–Crippen MR) is 140 cm³/mol. The normalized spacial score (nSPS) is 11.3. The fourth-order valence-electron chi connectivity index (χ4n) is 3.29. The summed E-state index contributed by atoms with van der Waals surface area (Å²) in [5.41, 5.74) is 6.00. The van der Waals surface area contributed by atoms with Gasteiger partial charge in [0.2, 0.25) is 0 Å². The first-order valence-corrected chi connectivity index (χ1v) is 12.4. The van der Waals surface area contributed by atoms with Crippen molar-refractivity contribution in [1.29, 1.82) is 0 Å². The van der Waals surface area contributed by atoms with E-state index in [-0.39, 0.29) is 11.7 Å². The van der Waals surface area contributed by atoms with Crippen LogP contribution in [-0.2, 0) is 4.79 Å². The maximum Gasteiger partial charge on any atom is 0.250 e.